The quantitative estimate of drug-likeness (QED) is 0.862. The van der Waals surface area contributed by atoms with E-state index in [0.29, 0.717) is 6.54 Å². The normalized spacial score (nSPS) is 23.1. The topological polar surface area (TPSA) is 69.6 Å². The Hall–Kier alpha value is -1.40. The molecule has 2 N–H and O–H groups in total. The van der Waals surface area contributed by atoms with Crippen LogP contribution in [0.1, 0.15) is 49.6 Å². The van der Waals surface area contributed by atoms with E-state index in [4.69, 9.17) is 0 Å². The third-order valence-corrected chi connectivity index (χ3v) is 5.76. The Morgan fingerprint density at radius 1 is 1.48 bits per heavy atom. The van der Waals surface area contributed by atoms with Gasteiger partial charge in [-0.05, 0) is 49.6 Å². The molecular weight excluding hydrogens is 312 g/mol. The second-order valence-electron chi connectivity index (χ2n) is 6.51. The van der Waals surface area contributed by atoms with Gasteiger partial charge in [-0.1, -0.05) is 6.92 Å². The molecule has 3 unspecified atom stereocenters. The Kier molecular flexibility index (Phi) is 4.73. The van der Waals surface area contributed by atoms with Crippen molar-refractivity contribution in [3.63, 3.8) is 0 Å². The summed E-state index contributed by atoms with van der Waals surface area (Å²) >= 11 is 1.74. The molecule has 1 aromatic heterocycles. The molecule has 3 atom stereocenters. The maximum atomic E-state index is 13.0. The van der Waals surface area contributed by atoms with Crippen LogP contribution in [-0.4, -0.2) is 40.5 Å². The molecule has 0 bridgehead atoms. The highest BCUT2D eigenvalue weighted by Gasteiger charge is 2.39. The number of hydrogen-bond acceptors (Lipinski definition) is 4. The summed E-state index contributed by atoms with van der Waals surface area (Å²) in [6.07, 6.45) is 2.54. The summed E-state index contributed by atoms with van der Waals surface area (Å²) in [4.78, 5) is 28.2. The summed E-state index contributed by atoms with van der Waals surface area (Å²) in [5.41, 5.74) is 1.22. The molecule has 2 aliphatic rings. The molecule has 1 fully saturated rings. The van der Waals surface area contributed by atoms with E-state index in [-0.39, 0.29) is 23.8 Å². The first-order chi connectivity index (χ1) is 11.0. The van der Waals surface area contributed by atoms with Crippen LogP contribution in [0.25, 0.3) is 0 Å². The predicted octanol–water partition coefficient (Wildman–Crippen LogP) is 1.86. The van der Waals surface area contributed by atoms with E-state index >= 15 is 0 Å². The second kappa shape index (κ2) is 6.61. The number of nitrogens with zero attached hydrogens (tertiary/aromatic N) is 1. The number of thiophene rings is 1. The van der Waals surface area contributed by atoms with Gasteiger partial charge in [0.25, 0.3) is 0 Å². The fraction of sp³-hybridized carbons (Fsp3) is 0.647. The molecule has 0 radical (unpaired) electrons. The van der Waals surface area contributed by atoms with Crippen molar-refractivity contribution in [1.29, 1.82) is 0 Å². The van der Waals surface area contributed by atoms with Gasteiger partial charge in [-0.2, -0.15) is 0 Å². The number of rotatable bonds is 5. The van der Waals surface area contributed by atoms with Gasteiger partial charge in [0.2, 0.25) is 11.8 Å². The predicted molar refractivity (Wildman–Crippen MR) is 89.1 cm³/mol. The van der Waals surface area contributed by atoms with Crippen molar-refractivity contribution in [3.05, 3.63) is 21.9 Å². The Labute approximate surface area is 140 Å². The molecule has 23 heavy (non-hydrogen) atoms. The van der Waals surface area contributed by atoms with E-state index in [1.54, 1.807) is 18.3 Å². The van der Waals surface area contributed by atoms with Crippen LogP contribution >= 0.6 is 11.3 Å². The fourth-order valence-electron chi connectivity index (χ4n) is 3.28. The number of aliphatic hydroxyl groups is 1. The maximum absolute atomic E-state index is 13.0. The molecule has 126 valence electrons. The van der Waals surface area contributed by atoms with Crippen LogP contribution in [0, 0.1) is 5.92 Å². The standard InChI is InChI=1S/C17H24N2O3S/c1-3-13-12-7-9-23-14(12)6-8-19(13)17(22)15(10(2)20)18-16(21)11-4-5-11/h7,9-11,13,15,20H,3-6,8H2,1-2H3,(H,18,21). The molecule has 6 heteroatoms. The van der Waals surface area contributed by atoms with Gasteiger partial charge in [0.15, 0.2) is 0 Å². The van der Waals surface area contributed by atoms with E-state index < -0.39 is 12.1 Å². The Morgan fingerprint density at radius 2 is 2.22 bits per heavy atom. The van der Waals surface area contributed by atoms with Crippen molar-refractivity contribution in [2.75, 3.05) is 6.54 Å². The van der Waals surface area contributed by atoms with Crippen molar-refractivity contribution >= 4 is 23.2 Å². The van der Waals surface area contributed by atoms with Gasteiger partial charge in [-0.15, -0.1) is 11.3 Å². The molecule has 2 amide bonds. The summed E-state index contributed by atoms with van der Waals surface area (Å²) < 4.78 is 0. The summed E-state index contributed by atoms with van der Waals surface area (Å²) in [7, 11) is 0. The highest BCUT2D eigenvalue weighted by Crippen LogP contribution is 2.36. The monoisotopic (exact) mass is 336 g/mol. The van der Waals surface area contributed by atoms with Crippen molar-refractivity contribution < 1.29 is 14.7 Å². The lowest BCUT2D eigenvalue weighted by atomic mass is 9.96. The van der Waals surface area contributed by atoms with Crippen LogP contribution in [0.5, 0.6) is 0 Å². The number of amides is 2. The number of aliphatic hydroxyl groups excluding tert-OH is 1. The zero-order chi connectivity index (χ0) is 16.6. The van der Waals surface area contributed by atoms with Crippen molar-refractivity contribution in [3.8, 4) is 0 Å². The molecule has 1 aliphatic carbocycles. The van der Waals surface area contributed by atoms with E-state index in [0.717, 1.165) is 25.7 Å². The molecule has 3 rings (SSSR count). The second-order valence-corrected chi connectivity index (χ2v) is 7.51. The third-order valence-electron chi connectivity index (χ3n) is 4.76. The first-order valence-corrected chi connectivity index (χ1v) is 9.26. The van der Waals surface area contributed by atoms with E-state index in [2.05, 4.69) is 23.7 Å². The highest BCUT2D eigenvalue weighted by atomic mass is 32.1. The van der Waals surface area contributed by atoms with Gasteiger partial charge >= 0.3 is 0 Å². The number of carbonyl (C=O) groups is 2. The Balaban J connectivity index is 1.77. The first kappa shape index (κ1) is 16.5. The molecule has 1 saturated carbocycles. The summed E-state index contributed by atoms with van der Waals surface area (Å²) in [5.74, 6) is -0.251. The van der Waals surface area contributed by atoms with E-state index in [9.17, 15) is 14.7 Å². The lowest BCUT2D eigenvalue weighted by molar-refractivity contribution is -0.142. The molecule has 0 saturated heterocycles. The zero-order valence-electron chi connectivity index (χ0n) is 13.6. The Morgan fingerprint density at radius 3 is 2.83 bits per heavy atom. The van der Waals surface area contributed by atoms with Crippen LogP contribution in [0.3, 0.4) is 0 Å². The van der Waals surface area contributed by atoms with Crippen molar-refractivity contribution in [2.24, 2.45) is 5.92 Å². The van der Waals surface area contributed by atoms with Gasteiger partial charge in [0, 0.05) is 17.3 Å². The van der Waals surface area contributed by atoms with Crippen molar-refractivity contribution in [2.45, 2.75) is 57.7 Å². The maximum Gasteiger partial charge on any atom is 0.248 e. The number of fused-ring (bicyclic) bond motifs is 1. The van der Waals surface area contributed by atoms with E-state index in [1.165, 1.54) is 10.4 Å². The lowest BCUT2D eigenvalue weighted by Crippen LogP contribution is -2.55. The Bertz CT molecular complexity index is 594. The third kappa shape index (κ3) is 3.28. The summed E-state index contributed by atoms with van der Waals surface area (Å²) in [6.45, 7) is 4.28. The first-order valence-electron chi connectivity index (χ1n) is 8.38. The largest absolute Gasteiger partial charge is 0.391 e. The molecule has 1 aromatic rings. The molecule has 1 aliphatic heterocycles. The number of carbonyl (C=O) groups excluding carboxylic acids is 2. The lowest BCUT2D eigenvalue weighted by Gasteiger charge is -2.38. The molecule has 5 nitrogen and oxygen atoms in total. The average Bonchev–Trinajstić information content (AvgIpc) is 3.28. The zero-order valence-corrected chi connectivity index (χ0v) is 14.4. The van der Waals surface area contributed by atoms with Crippen molar-refractivity contribution in [1.82, 2.24) is 10.2 Å². The minimum Gasteiger partial charge on any atom is -0.391 e. The smallest absolute Gasteiger partial charge is 0.248 e. The van der Waals surface area contributed by atoms with Crippen LogP contribution in [-0.2, 0) is 16.0 Å². The van der Waals surface area contributed by atoms with Crippen LogP contribution in [0.4, 0.5) is 0 Å². The van der Waals surface area contributed by atoms with Crippen LogP contribution < -0.4 is 5.32 Å². The SMILES string of the molecule is CCC1c2ccsc2CCN1C(=O)C(NC(=O)C1CC1)C(C)O. The summed E-state index contributed by atoms with van der Waals surface area (Å²) in [6, 6.07) is 1.28. The van der Waals surface area contributed by atoms with Crippen LogP contribution in [0.2, 0.25) is 0 Å². The minimum atomic E-state index is -0.897. The van der Waals surface area contributed by atoms with Gasteiger partial charge in [-0.25, -0.2) is 0 Å². The number of nitrogens with one attached hydrogen (secondary N) is 1. The average molecular weight is 336 g/mol. The minimum absolute atomic E-state index is 0.0239. The molecule has 2 heterocycles. The molecule has 0 spiro atoms. The summed E-state index contributed by atoms with van der Waals surface area (Å²) in [5, 5.41) is 14.9. The van der Waals surface area contributed by atoms with Gasteiger partial charge in [0.1, 0.15) is 6.04 Å². The van der Waals surface area contributed by atoms with Gasteiger partial charge < -0.3 is 15.3 Å². The highest BCUT2D eigenvalue weighted by molar-refractivity contribution is 7.10. The molecule has 0 aromatic carbocycles. The fourth-order valence-corrected chi connectivity index (χ4v) is 4.21. The molecular formula is C17H24N2O3S. The number of hydrogen-bond donors (Lipinski definition) is 2. The van der Waals surface area contributed by atoms with Gasteiger partial charge in [-0.3, -0.25) is 9.59 Å². The van der Waals surface area contributed by atoms with E-state index in [1.807, 2.05) is 4.90 Å². The van der Waals surface area contributed by atoms with Gasteiger partial charge in [0.05, 0.1) is 12.1 Å². The van der Waals surface area contributed by atoms with Crippen LogP contribution in [0.15, 0.2) is 11.4 Å².